The van der Waals surface area contributed by atoms with E-state index in [1.807, 2.05) is 43.3 Å². The van der Waals surface area contributed by atoms with Crippen molar-refractivity contribution in [3.8, 4) is 11.8 Å². The van der Waals surface area contributed by atoms with Gasteiger partial charge < -0.3 is 10.1 Å². The first kappa shape index (κ1) is 23.1. The summed E-state index contributed by atoms with van der Waals surface area (Å²) in [5.41, 5.74) is 2.97. The summed E-state index contributed by atoms with van der Waals surface area (Å²) in [4.78, 5) is 12.6. The van der Waals surface area contributed by atoms with E-state index in [1.165, 1.54) is 6.08 Å². The number of aryl methyl sites for hydroxylation is 1. The van der Waals surface area contributed by atoms with Crippen LogP contribution in [0.1, 0.15) is 16.7 Å². The second-order valence-electron chi connectivity index (χ2n) is 6.69. The molecule has 3 aromatic rings. The quantitative estimate of drug-likeness (QED) is 0.254. The molecule has 0 aliphatic heterocycles. The molecule has 0 unspecified atom stereocenters. The third-order valence-electron chi connectivity index (χ3n) is 4.37. The molecule has 0 aliphatic carbocycles. The summed E-state index contributed by atoms with van der Waals surface area (Å²) in [6.45, 7) is 2.23. The van der Waals surface area contributed by atoms with E-state index < -0.39 is 5.91 Å². The Morgan fingerprint density at radius 2 is 1.81 bits per heavy atom. The summed E-state index contributed by atoms with van der Waals surface area (Å²) in [5.74, 6) is 0.0336. The lowest BCUT2D eigenvalue weighted by atomic mass is 10.1. The van der Waals surface area contributed by atoms with Gasteiger partial charge in [0.2, 0.25) is 0 Å². The highest BCUT2D eigenvalue weighted by Crippen LogP contribution is 2.27. The summed E-state index contributed by atoms with van der Waals surface area (Å²) < 4.78 is 7.74. The van der Waals surface area contributed by atoms with Crippen molar-refractivity contribution in [1.29, 1.82) is 5.26 Å². The Labute approximate surface area is 202 Å². The fraction of sp³-hybridized carbons (Fsp3) is 0.0833. The molecule has 31 heavy (non-hydrogen) atoms. The van der Waals surface area contributed by atoms with Gasteiger partial charge in [0.15, 0.2) is 0 Å². The zero-order chi connectivity index (χ0) is 22.4. The van der Waals surface area contributed by atoms with E-state index in [0.29, 0.717) is 28.6 Å². The van der Waals surface area contributed by atoms with Gasteiger partial charge in [-0.15, -0.1) is 0 Å². The maximum Gasteiger partial charge on any atom is 0.266 e. The molecule has 0 saturated carbocycles. The molecule has 1 N–H and O–H groups in total. The number of halogens is 3. The molecule has 3 aromatic carbocycles. The van der Waals surface area contributed by atoms with Gasteiger partial charge in [0, 0.05) is 25.2 Å². The number of amides is 1. The van der Waals surface area contributed by atoms with Crippen molar-refractivity contribution in [2.24, 2.45) is 0 Å². The molecule has 0 fully saturated rings. The van der Waals surface area contributed by atoms with Crippen molar-refractivity contribution in [3.05, 3.63) is 96.9 Å². The molecular formula is C24H17Br2ClN2O2. The van der Waals surface area contributed by atoms with E-state index in [4.69, 9.17) is 16.3 Å². The molecule has 0 aromatic heterocycles. The second kappa shape index (κ2) is 10.6. The highest BCUT2D eigenvalue weighted by Gasteiger charge is 2.13. The van der Waals surface area contributed by atoms with E-state index >= 15 is 0 Å². The van der Waals surface area contributed by atoms with Gasteiger partial charge in [-0.1, -0.05) is 61.7 Å². The minimum Gasteiger partial charge on any atom is -0.488 e. The van der Waals surface area contributed by atoms with E-state index in [0.717, 1.165) is 20.1 Å². The molecule has 3 rings (SSSR count). The van der Waals surface area contributed by atoms with Crippen molar-refractivity contribution < 1.29 is 9.53 Å². The third kappa shape index (κ3) is 6.44. The first-order valence-corrected chi connectivity index (χ1v) is 11.2. The Morgan fingerprint density at radius 3 is 2.48 bits per heavy atom. The van der Waals surface area contributed by atoms with Gasteiger partial charge in [0.05, 0.1) is 0 Å². The number of carbonyl (C=O) groups excluding carboxylic acids is 1. The number of carbonyl (C=O) groups is 1. The summed E-state index contributed by atoms with van der Waals surface area (Å²) in [6, 6.07) is 20.4. The highest BCUT2D eigenvalue weighted by molar-refractivity contribution is 9.10. The average molecular weight is 561 g/mol. The minimum atomic E-state index is -0.527. The summed E-state index contributed by atoms with van der Waals surface area (Å²) in [6.07, 6.45) is 1.51. The van der Waals surface area contributed by atoms with Crippen LogP contribution in [-0.4, -0.2) is 5.91 Å². The number of rotatable bonds is 6. The van der Waals surface area contributed by atoms with Gasteiger partial charge >= 0.3 is 0 Å². The van der Waals surface area contributed by atoms with Crippen LogP contribution in [0.15, 0.2) is 75.2 Å². The van der Waals surface area contributed by atoms with E-state index in [-0.39, 0.29) is 5.57 Å². The minimum absolute atomic E-state index is 0.0525. The molecule has 0 spiro atoms. The highest BCUT2D eigenvalue weighted by atomic mass is 79.9. The number of hydrogen-bond acceptors (Lipinski definition) is 3. The summed E-state index contributed by atoms with van der Waals surface area (Å²) in [7, 11) is 0. The third-order valence-corrected chi connectivity index (χ3v) is 5.80. The van der Waals surface area contributed by atoms with E-state index in [2.05, 4.69) is 37.2 Å². The van der Waals surface area contributed by atoms with Crippen molar-refractivity contribution >= 4 is 61.1 Å². The second-order valence-corrected chi connectivity index (χ2v) is 8.92. The van der Waals surface area contributed by atoms with Crippen LogP contribution in [0.4, 0.5) is 5.69 Å². The number of ether oxygens (including phenoxy) is 1. The number of nitrogens with zero attached hydrogens (tertiary/aromatic N) is 1. The summed E-state index contributed by atoms with van der Waals surface area (Å²) in [5, 5.41) is 12.8. The molecule has 0 aliphatic rings. The topological polar surface area (TPSA) is 62.1 Å². The predicted molar refractivity (Wildman–Crippen MR) is 131 cm³/mol. The van der Waals surface area contributed by atoms with Crippen LogP contribution in [0, 0.1) is 18.3 Å². The fourth-order valence-corrected chi connectivity index (χ4v) is 3.50. The molecule has 0 heterocycles. The monoisotopic (exact) mass is 558 g/mol. The molecule has 7 heteroatoms. The Bertz CT molecular complexity index is 1190. The first-order valence-electron chi connectivity index (χ1n) is 9.22. The number of hydrogen-bond donors (Lipinski definition) is 1. The molecule has 4 nitrogen and oxygen atoms in total. The van der Waals surface area contributed by atoms with Crippen molar-refractivity contribution in [2.75, 3.05) is 5.32 Å². The molecule has 0 radical (unpaired) electrons. The number of nitrogens with one attached hydrogen (secondary N) is 1. The molecule has 0 bridgehead atoms. The fourth-order valence-electron chi connectivity index (χ4n) is 2.68. The normalized spacial score (nSPS) is 11.0. The van der Waals surface area contributed by atoms with Crippen LogP contribution in [0.2, 0.25) is 5.02 Å². The lowest BCUT2D eigenvalue weighted by Gasteiger charge is -2.11. The van der Waals surface area contributed by atoms with E-state index in [9.17, 15) is 10.1 Å². The van der Waals surface area contributed by atoms with Crippen LogP contribution < -0.4 is 10.1 Å². The summed E-state index contributed by atoms with van der Waals surface area (Å²) >= 11 is 13.0. The Kier molecular flexibility index (Phi) is 7.91. The predicted octanol–water partition coefficient (Wildman–Crippen LogP) is 7.30. The zero-order valence-electron chi connectivity index (χ0n) is 16.5. The van der Waals surface area contributed by atoms with Gasteiger partial charge in [-0.25, -0.2) is 0 Å². The number of nitriles is 1. The van der Waals surface area contributed by atoms with Crippen LogP contribution in [0.25, 0.3) is 6.08 Å². The van der Waals surface area contributed by atoms with Gasteiger partial charge in [-0.3, -0.25) is 4.79 Å². The largest absolute Gasteiger partial charge is 0.488 e. The van der Waals surface area contributed by atoms with Crippen LogP contribution in [0.5, 0.6) is 5.75 Å². The van der Waals surface area contributed by atoms with Gasteiger partial charge in [-0.2, -0.15) is 5.26 Å². The van der Waals surface area contributed by atoms with E-state index in [1.54, 1.807) is 30.3 Å². The average Bonchev–Trinajstić information content (AvgIpc) is 2.75. The maximum absolute atomic E-state index is 12.6. The van der Waals surface area contributed by atoms with Crippen molar-refractivity contribution in [2.45, 2.75) is 13.5 Å². The zero-order valence-corrected chi connectivity index (χ0v) is 20.4. The number of anilines is 1. The van der Waals surface area contributed by atoms with Gasteiger partial charge in [0.1, 0.15) is 24.0 Å². The Hall–Kier alpha value is -2.59. The number of benzene rings is 3. The lowest BCUT2D eigenvalue weighted by Crippen LogP contribution is -2.13. The Balaban J connectivity index is 1.82. The van der Waals surface area contributed by atoms with Gasteiger partial charge in [0.25, 0.3) is 5.91 Å². The molecular weight excluding hydrogens is 544 g/mol. The molecule has 0 saturated heterocycles. The lowest BCUT2D eigenvalue weighted by molar-refractivity contribution is -0.112. The first-order chi connectivity index (χ1) is 14.9. The molecule has 1 amide bonds. The van der Waals surface area contributed by atoms with Crippen LogP contribution in [-0.2, 0) is 11.4 Å². The van der Waals surface area contributed by atoms with Crippen molar-refractivity contribution in [1.82, 2.24) is 0 Å². The standard InChI is InChI=1S/C24H17Br2ClN2O2/c1-15-2-8-21(12-22(15)27)29-24(30)18(13-28)10-17-11-20(26)7-9-23(17)31-14-16-3-5-19(25)6-4-16/h2-12H,14H2,1H3,(H,29,30)/b18-10-. The molecule has 156 valence electrons. The molecule has 0 atom stereocenters. The van der Waals surface area contributed by atoms with Crippen LogP contribution in [0.3, 0.4) is 0 Å². The Morgan fingerprint density at radius 1 is 1.10 bits per heavy atom. The maximum atomic E-state index is 12.6. The smallest absolute Gasteiger partial charge is 0.266 e. The SMILES string of the molecule is Cc1ccc(NC(=O)/C(C#N)=C\c2cc(Br)ccc2OCc2ccc(Br)cc2)cc1Cl. The van der Waals surface area contributed by atoms with Crippen LogP contribution >= 0.6 is 43.5 Å². The van der Waals surface area contributed by atoms with Gasteiger partial charge in [-0.05, 0) is 66.6 Å². The van der Waals surface area contributed by atoms with Crippen molar-refractivity contribution in [3.63, 3.8) is 0 Å².